The molecular formula is C23H29N3OS. The second-order valence-corrected chi connectivity index (χ2v) is 8.55. The monoisotopic (exact) mass is 395 g/mol. The molecule has 28 heavy (non-hydrogen) atoms. The molecule has 5 heteroatoms. The highest BCUT2D eigenvalue weighted by atomic mass is 32.1. The third-order valence-electron chi connectivity index (χ3n) is 5.06. The van der Waals surface area contributed by atoms with Crippen molar-refractivity contribution in [2.45, 2.75) is 33.1 Å². The number of hydrogen-bond donors (Lipinski definition) is 0. The van der Waals surface area contributed by atoms with Crippen molar-refractivity contribution in [1.82, 2.24) is 9.88 Å². The van der Waals surface area contributed by atoms with Gasteiger partial charge in [0.2, 0.25) is 5.91 Å². The van der Waals surface area contributed by atoms with Gasteiger partial charge in [-0.3, -0.25) is 9.69 Å². The van der Waals surface area contributed by atoms with Crippen LogP contribution in [0.25, 0.3) is 10.2 Å². The van der Waals surface area contributed by atoms with Crippen molar-refractivity contribution in [1.29, 1.82) is 0 Å². The molecule has 0 saturated heterocycles. The summed E-state index contributed by atoms with van der Waals surface area (Å²) in [5, 5.41) is 0.820. The van der Waals surface area contributed by atoms with Crippen LogP contribution >= 0.6 is 11.3 Å². The molecule has 0 aliphatic carbocycles. The molecule has 2 aromatic carbocycles. The van der Waals surface area contributed by atoms with Crippen LogP contribution in [0.5, 0.6) is 0 Å². The maximum atomic E-state index is 13.1. The highest BCUT2D eigenvalue weighted by Gasteiger charge is 2.20. The molecular weight excluding hydrogens is 366 g/mol. The van der Waals surface area contributed by atoms with E-state index in [1.165, 1.54) is 16.7 Å². The van der Waals surface area contributed by atoms with Gasteiger partial charge in [-0.05, 0) is 70.1 Å². The third kappa shape index (κ3) is 4.97. The number of carbonyl (C=O) groups excluding carboxylic acids is 1. The van der Waals surface area contributed by atoms with Crippen LogP contribution in [-0.4, -0.2) is 43.0 Å². The van der Waals surface area contributed by atoms with Crippen molar-refractivity contribution in [2.75, 3.05) is 32.1 Å². The highest BCUT2D eigenvalue weighted by molar-refractivity contribution is 7.22. The lowest BCUT2D eigenvalue weighted by Gasteiger charge is -2.21. The van der Waals surface area contributed by atoms with Gasteiger partial charge in [0, 0.05) is 13.0 Å². The molecule has 0 aliphatic rings. The molecule has 0 unspecified atom stereocenters. The summed E-state index contributed by atoms with van der Waals surface area (Å²) in [7, 11) is 4.12. The van der Waals surface area contributed by atoms with Gasteiger partial charge in [-0.1, -0.05) is 47.7 Å². The Hall–Kier alpha value is -2.24. The Morgan fingerprint density at radius 1 is 1.04 bits per heavy atom. The smallest absolute Gasteiger partial charge is 0.229 e. The van der Waals surface area contributed by atoms with Crippen LogP contribution in [0.4, 0.5) is 5.13 Å². The van der Waals surface area contributed by atoms with Crippen molar-refractivity contribution < 1.29 is 4.79 Å². The molecule has 4 nitrogen and oxygen atoms in total. The van der Waals surface area contributed by atoms with Gasteiger partial charge < -0.3 is 4.90 Å². The number of benzene rings is 2. The average Bonchev–Trinajstić information content (AvgIpc) is 3.11. The minimum Gasteiger partial charge on any atom is -0.309 e. The predicted molar refractivity (Wildman–Crippen MR) is 119 cm³/mol. The van der Waals surface area contributed by atoms with E-state index in [1.54, 1.807) is 11.3 Å². The van der Waals surface area contributed by atoms with Gasteiger partial charge in [0.05, 0.1) is 10.2 Å². The van der Waals surface area contributed by atoms with Crippen molar-refractivity contribution in [3.05, 3.63) is 59.2 Å². The van der Waals surface area contributed by atoms with Gasteiger partial charge in [0.25, 0.3) is 0 Å². The maximum Gasteiger partial charge on any atom is 0.229 e. The summed E-state index contributed by atoms with van der Waals surface area (Å²) in [6.45, 7) is 5.86. The molecule has 1 heterocycles. The van der Waals surface area contributed by atoms with Crippen molar-refractivity contribution >= 4 is 32.6 Å². The van der Waals surface area contributed by atoms with E-state index in [0.717, 1.165) is 34.7 Å². The zero-order chi connectivity index (χ0) is 20.1. The van der Waals surface area contributed by atoms with Crippen LogP contribution in [0.3, 0.4) is 0 Å². The van der Waals surface area contributed by atoms with E-state index in [0.29, 0.717) is 13.0 Å². The van der Waals surface area contributed by atoms with Crippen molar-refractivity contribution in [2.24, 2.45) is 0 Å². The lowest BCUT2D eigenvalue weighted by molar-refractivity contribution is -0.118. The Morgan fingerprint density at radius 2 is 1.79 bits per heavy atom. The SMILES string of the molecule is Cc1ccc2sc(N(CCCN(C)C)C(=O)CCc3ccccc3)nc2c1C. The van der Waals surface area contributed by atoms with E-state index in [4.69, 9.17) is 4.98 Å². The Balaban J connectivity index is 1.81. The molecule has 0 spiro atoms. The zero-order valence-corrected chi connectivity index (χ0v) is 18.1. The third-order valence-corrected chi connectivity index (χ3v) is 6.11. The number of carbonyl (C=O) groups is 1. The Bertz CT molecular complexity index is 934. The second-order valence-electron chi connectivity index (χ2n) is 7.54. The molecule has 0 N–H and O–H groups in total. The van der Waals surface area contributed by atoms with Crippen LogP contribution in [0.15, 0.2) is 42.5 Å². The van der Waals surface area contributed by atoms with Crippen LogP contribution in [-0.2, 0) is 11.2 Å². The average molecular weight is 396 g/mol. The quantitative estimate of drug-likeness (QED) is 0.548. The number of fused-ring (bicyclic) bond motifs is 1. The number of anilines is 1. The van der Waals surface area contributed by atoms with E-state index in [1.807, 2.05) is 23.1 Å². The molecule has 0 bridgehead atoms. The molecule has 3 aromatic rings. The Labute approximate surface area is 171 Å². The molecule has 1 amide bonds. The number of nitrogens with zero attached hydrogens (tertiary/aromatic N) is 3. The first-order valence-corrected chi connectivity index (χ1v) is 10.6. The first-order valence-electron chi connectivity index (χ1n) is 9.81. The summed E-state index contributed by atoms with van der Waals surface area (Å²) in [5.74, 6) is 0.149. The van der Waals surface area contributed by atoms with E-state index < -0.39 is 0 Å². The summed E-state index contributed by atoms with van der Waals surface area (Å²) in [6, 6.07) is 14.4. The lowest BCUT2D eigenvalue weighted by atomic mass is 10.1. The molecule has 148 valence electrons. The molecule has 3 rings (SSSR count). The standard InChI is InChI=1S/C23H29N3OS/c1-17-11-13-20-22(18(17)2)24-23(28-20)26(16-8-15-25(3)4)21(27)14-12-19-9-6-5-7-10-19/h5-7,9-11,13H,8,12,14-16H2,1-4H3. The van der Waals surface area contributed by atoms with E-state index in [2.05, 4.69) is 57.1 Å². The molecule has 0 radical (unpaired) electrons. The molecule has 0 aliphatic heterocycles. The highest BCUT2D eigenvalue weighted by Crippen LogP contribution is 2.32. The molecule has 0 saturated carbocycles. The van der Waals surface area contributed by atoms with E-state index >= 15 is 0 Å². The number of rotatable bonds is 8. The lowest BCUT2D eigenvalue weighted by Crippen LogP contribution is -2.33. The van der Waals surface area contributed by atoms with Gasteiger partial charge in [-0.25, -0.2) is 4.98 Å². The number of thiazole rings is 1. The van der Waals surface area contributed by atoms with Gasteiger partial charge in [-0.15, -0.1) is 0 Å². The normalized spacial score (nSPS) is 11.3. The summed E-state index contributed by atoms with van der Waals surface area (Å²) in [4.78, 5) is 22.0. The first-order chi connectivity index (χ1) is 13.5. The predicted octanol–water partition coefficient (Wildman–Crippen LogP) is 4.83. The Kier molecular flexibility index (Phi) is 6.81. The molecule has 0 atom stereocenters. The minimum absolute atomic E-state index is 0.149. The fourth-order valence-electron chi connectivity index (χ4n) is 3.23. The molecule has 1 aromatic heterocycles. The maximum absolute atomic E-state index is 13.1. The first kappa shape index (κ1) is 20.5. The van der Waals surface area contributed by atoms with Crippen LogP contribution < -0.4 is 4.90 Å². The number of aryl methyl sites for hydroxylation is 3. The summed E-state index contributed by atoms with van der Waals surface area (Å²) < 4.78 is 1.14. The molecule has 0 fully saturated rings. The van der Waals surface area contributed by atoms with Crippen molar-refractivity contribution in [3.8, 4) is 0 Å². The minimum atomic E-state index is 0.149. The number of aromatic nitrogens is 1. The summed E-state index contributed by atoms with van der Waals surface area (Å²) >= 11 is 1.62. The van der Waals surface area contributed by atoms with Crippen molar-refractivity contribution in [3.63, 3.8) is 0 Å². The fraction of sp³-hybridized carbons (Fsp3) is 0.391. The van der Waals surface area contributed by atoms with Crippen LogP contribution in [0.2, 0.25) is 0 Å². The van der Waals surface area contributed by atoms with Crippen LogP contribution in [0, 0.1) is 13.8 Å². The summed E-state index contributed by atoms with van der Waals surface area (Å²) in [6.07, 6.45) is 2.19. The zero-order valence-electron chi connectivity index (χ0n) is 17.2. The summed E-state index contributed by atoms with van der Waals surface area (Å²) in [5.41, 5.74) is 4.65. The van der Waals surface area contributed by atoms with Gasteiger partial charge in [0.1, 0.15) is 0 Å². The van der Waals surface area contributed by atoms with E-state index in [-0.39, 0.29) is 5.91 Å². The number of amides is 1. The van der Waals surface area contributed by atoms with Gasteiger partial charge in [-0.2, -0.15) is 0 Å². The topological polar surface area (TPSA) is 36.4 Å². The number of hydrogen-bond acceptors (Lipinski definition) is 4. The van der Waals surface area contributed by atoms with Crippen LogP contribution in [0.1, 0.15) is 29.5 Å². The van der Waals surface area contributed by atoms with Gasteiger partial charge in [0.15, 0.2) is 5.13 Å². The second kappa shape index (κ2) is 9.30. The fourth-order valence-corrected chi connectivity index (χ4v) is 4.30. The largest absolute Gasteiger partial charge is 0.309 e. The Morgan fingerprint density at radius 3 is 2.50 bits per heavy atom. The van der Waals surface area contributed by atoms with Gasteiger partial charge >= 0.3 is 0 Å². The van der Waals surface area contributed by atoms with E-state index in [9.17, 15) is 4.79 Å².